The van der Waals surface area contributed by atoms with Crippen molar-refractivity contribution >= 4 is 11.6 Å². The standard InChI is InChI=1S/C14H24ClN3O/c1-4-8-18-13(11(15)9-17-18)12(16-3)14(19-5-2)10-6-7-10/h9-10,12,14,16H,4-8H2,1-3H3. The van der Waals surface area contributed by atoms with E-state index in [9.17, 15) is 0 Å². The van der Waals surface area contributed by atoms with Crippen molar-refractivity contribution in [3.05, 3.63) is 16.9 Å². The highest BCUT2D eigenvalue weighted by Crippen LogP contribution is 2.41. The molecule has 1 fully saturated rings. The first-order valence-electron chi connectivity index (χ1n) is 7.22. The molecule has 0 amide bonds. The van der Waals surface area contributed by atoms with Crippen molar-refractivity contribution < 1.29 is 4.74 Å². The van der Waals surface area contributed by atoms with Crippen LogP contribution in [0.4, 0.5) is 0 Å². The number of nitrogens with one attached hydrogen (secondary N) is 1. The SMILES string of the molecule is CCCn1ncc(Cl)c1C(NC)C(OCC)C1CC1. The summed E-state index contributed by atoms with van der Waals surface area (Å²) >= 11 is 6.34. The van der Waals surface area contributed by atoms with Gasteiger partial charge in [0.05, 0.1) is 29.1 Å². The van der Waals surface area contributed by atoms with Gasteiger partial charge in [-0.25, -0.2) is 0 Å². The minimum atomic E-state index is 0.119. The summed E-state index contributed by atoms with van der Waals surface area (Å²) in [4.78, 5) is 0. The van der Waals surface area contributed by atoms with E-state index in [1.807, 2.05) is 18.7 Å². The topological polar surface area (TPSA) is 39.1 Å². The second-order valence-corrected chi connectivity index (χ2v) is 5.53. The van der Waals surface area contributed by atoms with Crippen LogP contribution >= 0.6 is 11.6 Å². The fourth-order valence-electron chi connectivity index (χ4n) is 2.65. The molecular weight excluding hydrogens is 262 g/mol. The van der Waals surface area contributed by atoms with Crippen LogP contribution in [-0.4, -0.2) is 29.5 Å². The highest BCUT2D eigenvalue weighted by atomic mass is 35.5. The molecule has 0 saturated heterocycles. The Bertz CT molecular complexity index is 403. The van der Waals surface area contributed by atoms with Gasteiger partial charge in [0, 0.05) is 13.2 Å². The van der Waals surface area contributed by atoms with Gasteiger partial charge in [-0.3, -0.25) is 4.68 Å². The molecule has 0 radical (unpaired) electrons. The van der Waals surface area contributed by atoms with Gasteiger partial charge in [0.1, 0.15) is 0 Å². The molecule has 0 aromatic carbocycles. The monoisotopic (exact) mass is 285 g/mol. The Hall–Kier alpha value is -0.580. The van der Waals surface area contributed by atoms with Crippen LogP contribution in [0.2, 0.25) is 5.02 Å². The first-order chi connectivity index (χ1) is 9.22. The summed E-state index contributed by atoms with van der Waals surface area (Å²) < 4.78 is 7.98. The normalized spacial score (nSPS) is 18.5. The molecule has 1 heterocycles. The molecule has 2 atom stereocenters. The Balaban J connectivity index is 2.26. The molecule has 0 bridgehead atoms. The van der Waals surface area contributed by atoms with Crippen LogP contribution in [0, 0.1) is 5.92 Å². The van der Waals surface area contributed by atoms with Gasteiger partial charge in [0.25, 0.3) is 0 Å². The molecule has 5 heteroatoms. The minimum absolute atomic E-state index is 0.119. The first-order valence-corrected chi connectivity index (χ1v) is 7.60. The Morgan fingerprint density at radius 1 is 1.53 bits per heavy atom. The molecule has 1 saturated carbocycles. The van der Waals surface area contributed by atoms with Gasteiger partial charge in [-0.15, -0.1) is 0 Å². The summed E-state index contributed by atoms with van der Waals surface area (Å²) in [6.45, 7) is 5.82. The number of nitrogens with zero attached hydrogens (tertiary/aromatic N) is 2. The predicted octanol–water partition coefficient (Wildman–Crippen LogP) is 3.02. The third-order valence-corrected chi connectivity index (χ3v) is 3.94. The fraction of sp³-hybridized carbons (Fsp3) is 0.786. The molecule has 0 aliphatic heterocycles. The second kappa shape index (κ2) is 6.73. The molecule has 1 aliphatic rings. The average Bonchev–Trinajstić information content (AvgIpc) is 3.18. The van der Waals surface area contributed by atoms with E-state index in [-0.39, 0.29) is 12.1 Å². The molecule has 4 nitrogen and oxygen atoms in total. The van der Waals surface area contributed by atoms with Gasteiger partial charge in [-0.05, 0) is 39.2 Å². The van der Waals surface area contributed by atoms with Crippen molar-refractivity contribution in [2.45, 2.75) is 51.8 Å². The van der Waals surface area contributed by atoms with Gasteiger partial charge < -0.3 is 10.1 Å². The van der Waals surface area contributed by atoms with Crippen molar-refractivity contribution in [1.82, 2.24) is 15.1 Å². The van der Waals surface area contributed by atoms with E-state index >= 15 is 0 Å². The van der Waals surface area contributed by atoms with E-state index in [2.05, 4.69) is 17.3 Å². The number of rotatable bonds is 8. The quantitative estimate of drug-likeness (QED) is 0.798. The predicted molar refractivity (Wildman–Crippen MR) is 77.5 cm³/mol. The molecule has 1 aromatic rings. The molecule has 2 rings (SSSR count). The smallest absolute Gasteiger partial charge is 0.0835 e. The van der Waals surface area contributed by atoms with Gasteiger partial charge in [0.2, 0.25) is 0 Å². The largest absolute Gasteiger partial charge is 0.376 e. The lowest BCUT2D eigenvalue weighted by Gasteiger charge is -2.27. The van der Waals surface area contributed by atoms with E-state index in [4.69, 9.17) is 16.3 Å². The molecule has 1 N–H and O–H groups in total. The highest BCUT2D eigenvalue weighted by molar-refractivity contribution is 6.31. The van der Waals surface area contributed by atoms with Crippen molar-refractivity contribution in [3.8, 4) is 0 Å². The molecular formula is C14H24ClN3O. The van der Waals surface area contributed by atoms with Crippen LogP contribution in [0.3, 0.4) is 0 Å². The Labute approximate surface area is 120 Å². The molecule has 108 valence electrons. The lowest BCUT2D eigenvalue weighted by molar-refractivity contribution is 0.0183. The summed E-state index contributed by atoms with van der Waals surface area (Å²) in [7, 11) is 1.97. The number of halogens is 1. The maximum Gasteiger partial charge on any atom is 0.0835 e. The summed E-state index contributed by atoms with van der Waals surface area (Å²) in [6.07, 6.45) is 5.49. The molecule has 0 spiro atoms. The zero-order chi connectivity index (χ0) is 13.8. The van der Waals surface area contributed by atoms with Crippen molar-refractivity contribution in [2.75, 3.05) is 13.7 Å². The Morgan fingerprint density at radius 2 is 2.26 bits per heavy atom. The number of hydrogen-bond donors (Lipinski definition) is 1. The van der Waals surface area contributed by atoms with Crippen LogP contribution in [0.5, 0.6) is 0 Å². The van der Waals surface area contributed by atoms with Crippen molar-refractivity contribution in [1.29, 1.82) is 0 Å². The fourth-order valence-corrected chi connectivity index (χ4v) is 2.91. The lowest BCUT2D eigenvalue weighted by Crippen LogP contribution is -2.35. The van der Waals surface area contributed by atoms with Gasteiger partial charge in [-0.2, -0.15) is 5.10 Å². The Kier molecular flexibility index (Phi) is 5.25. The van der Waals surface area contributed by atoms with Crippen LogP contribution in [0.15, 0.2) is 6.20 Å². The third kappa shape index (κ3) is 3.30. The number of aromatic nitrogens is 2. The maximum atomic E-state index is 6.34. The molecule has 2 unspecified atom stereocenters. The van der Waals surface area contributed by atoms with Crippen LogP contribution in [-0.2, 0) is 11.3 Å². The van der Waals surface area contributed by atoms with Crippen LogP contribution in [0.25, 0.3) is 0 Å². The van der Waals surface area contributed by atoms with Crippen LogP contribution in [0.1, 0.15) is 44.8 Å². The average molecular weight is 286 g/mol. The van der Waals surface area contributed by atoms with E-state index in [0.717, 1.165) is 30.3 Å². The molecule has 19 heavy (non-hydrogen) atoms. The zero-order valence-electron chi connectivity index (χ0n) is 12.0. The Morgan fingerprint density at radius 3 is 2.79 bits per heavy atom. The van der Waals surface area contributed by atoms with Gasteiger partial charge >= 0.3 is 0 Å². The van der Waals surface area contributed by atoms with Gasteiger partial charge in [-0.1, -0.05) is 18.5 Å². The third-order valence-electron chi connectivity index (χ3n) is 3.65. The van der Waals surface area contributed by atoms with E-state index in [0.29, 0.717) is 5.92 Å². The number of ether oxygens (including phenoxy) is 1. The second-order valence-electron chi connectivity index (χ2n) is 5.12. The maximum absolute atomic E-state index is 6.34. The molecule has 1 aliphatic carbocycles. The lowest BCUT2D eigenvalue weighted by atomic mass is 10.0. The summed E-state index contributed by atoms with van der Waals surface area (Å²) in [5.41, 5.74) is 1.07. The first kappa shape index (κ1) is 14.8. The van der Waals surface area contributed by atoms with Gasteiger partial charge in [0.15, 0.2) is 0 Å². The van der Waals surface area contributed by atoms with Crippen molar-refractivity contribution in [3.63, 3.8) is 0 Å². The van der Waals surface area contributed by atoms with E-state index < -0.39 is 0 Å². The zero-order valence-corrected chi connectivity index (χ0v) is 12.8. The van der Waals surface area contributed by atoms with Crippen LogP contribution < -0.4 is 5.32 Å². The molecule has 1 aromatic heterocycles. The summed E-state index contributed by atoms with van der Waals surface area (Å²) in [5, 5.41) is 8.50. The van der Waals surface area contributed by atoms with E-state index in [1.165, 1.54) is 12.8 Å². The van der Waals surface area contributed by atoms with E-state index in [1.54, 1.807) is 6.20 Å². The highest BCUT2D eigenvalue weighted by Gasteiger charge is 2.39. The van der Waals surface area contributed by atoms with Crippen molar-refractivity contribution in [2.24, 2.45) is 5.92 Å². The summed E-state index contributed by atoms with van der Waals surface area (Å²) in [6, 6.07) is 0.119. The number of aryl methyl sites for hydroxylation is 1. The minimum Gasteiger partial charge on any atom is -0.376 e. The number of likely N-dealkylation sites (N-methyl/N-ethyl adjacent to an activating group) is 1. The number of hydrogen-bond acceptors (Lipinski definition) is 3. The summed E-state index contributed by atoms with van der Waals surface area (Å²) in [5.74, 6) is 0.651.